The first-order valence-electron chi connectivity index (χ1n) is 14.5. The van der Waals surface area contributed by atoms with E-state index in [-0.39, 0.29) is 36.1 Å². The monoisotopic (exact) mass is 549 g/mol. The Hall–Kier alpha value is -3.29. The second-order valence-electron chi connectivity index (χ2n) is 13.5. The predicted octanol–water partition coefficient (Wildman–Crippen LogP) is 6.32. The summed E-state index contributed by atoms with van der Waals surface area (Å²) >= 11 is 0. The van der Waals surface area contributed by atoms with Crippen LogP contribution in [0.3, 0.4) is 0 Å². The zero-order valence-electron chi connectivity index (χ0n) is 24.7. The smallest absolute Gasteiger partial charge is 0.410 e. The van der Waals surface area contributed by atoms with Gasteiger partial charge < -0.3 is 24.4 Å². The molecule has 1 aliphatic heterocycles. The summed E-state index contributed by atoms with van der Waals surface area (Å²) in [5.74, 6) is 1.14. The second-order valence-corrected chi connectivity index (χ2v) is 13.5. The van der Waals surface area contributed by atoms with Gasteiger partial charge in [-0.1, -0.05) is 50.1 Å². The molecule has 2 saturated carbocycles. The summed E-state index contributed by atoms with van der Waals surface area (Å²) in [5.41, 5.74) is 1.64. The Balaban J connectivity index is 1.28. The van der Waals surface area contributed by atoms with Gasteiger partial charge in [0.2, 0.25) is 5.88 Å². The quantitative estimate of drug-likeness (QED) is 0.435. The van der Waals surface area contributed by atoms with Gasteiger partial charge in [-0.15, -0.1) is 0 Å². The third-order valence-electron chi connectivity index (χ3n) is 8.50. The Labute approximate surface area is 237 Å². The Morgan fingerprint density at radius 1 is 1.02 bits per heavy atom. The molecule has 1 N–H and O–H groups in total. The molecule has 2 heterocycles. The van der Waals surface area contributed by atoms with Gasteiger partial charge in [-0.3, -0.25) is 0 Å². The molecule has 3 fully saturated rings. The first-order chi connectivity index (χ1) is 18.8. The highest BCUT2D eigenvalue weighted by Gasteiger charge is 2.59. The lowest BCUT2D eigenvalue weighted by molar-refractivity contribution is 0.0252. The number of hydrogen-bond acceptors (Lipinski definition) is 6. The van der Waals surface area contributed by atoms with Crippen molar-refractivity contribution in [3.05, 3.63) is 59.3 Å². The Morgan fingerprint density at radius 2 is 1.68 bits per heavy atom. The van der Waals surface area contributed by atoms with E-state index in [0.29, 0.717) is 19.0 Å². The average Bonchev–Trinajstić information content (AvgIpc) is 3.23. The highest BCUT2D eigenvalue weighted by molar-refractivity contribution is 5.69. The van der Waals surface area contributed by atoms with Crippen LogP contribution in [0.1, 0.15) is 84.0 Å². The number of hydrogen-bond donors (Lipinski definition) is 1. The molecule has 0 radical (unpaired) electrons. The number of piperidine rings is 1. The number of nitrogens with zero attached hydrogens (tertiary/aromatic N) is 2. The molecule has 2 unspecified atom stereocenters. The molecule has 1 aromatic heterocycles. The summed E-state index contributed by atoms with van der Waals surface area (Å²) in [6.07, 6.45) is 3.81. The Kier molecular flexibility index (Phi) is 7.48. The molecule has 3 aliphatic rings. The molecule has 1 saturated heterocycles. The summed E-state index contributed by atoms with van der Waals surface area (Å²) < 4.78 is 17.5. The van der Waals surface area contributed by atoms with Gasteiger partial charge in [0, 0.05) is 36.4 Å². The number of rotatable bonds is 7. The van der Waals surface area contributed by atoms with Gasteiger partial charge >= 0.3 is 12.2 Å². The van der Waals surface area contributed by atoms with Crippen molar-refractivity contribution in [3.8, 4) is 5.88 Å². The van der Waals surface area contributed by atoms with Gasteiger partial charge in [0.25, 0.3) is 0 Å². The number of ether oxygens (including phenoxy) is 3. The van der Waals surface area contributed by atoms with Crippen LogP contribution in [0.15, 0.2) is 42.5 Å². The lowest BCUT2D eigenvalue weighted by Gasteiger charge is -2.30. The summed E-state index contributed by atoms with van der Waals surface area (Å²) in [5, 5.41) is 3.04. The van der Waals surface area contributed by atoms with E-state index in [1.54, 1.807) is 4.90 Å². The molecule has 2 aliphatic carbocycles. The van der Waals surface area contributed by atoms with Crippen molar-refractivity contribution in [1.82, 2.24) is 15.2 Å². The van der Waals surface area contributed by atoms with Crippen LogP contribution in [-0.2, 0) is 27.0 Å². The number of carbonyl (C=O) groups is 2. The van der Waals surface area contributed by atoms with Crippen molar-refractivity contribution in [2.45, 2.75) is 96.5 Å². The molecule has 1 aromatic carbocycles. The first kappa shape index (κ1) is 28.2. The third-order valence-corrected chi connectivity index (χ3v) is 8.50. The van der Waals surface area contributed by atoms with E-state index in [2.05, 4.69) is 18.3 Å². The van der Waals surface area contributed by atoms with Crippen molar-refractivity contribution < 1.29 is 23.8 Å². The average molecular weight is 550 g/mol. The topological polar surface area (TPSA) is 90.0 Å². The number of carbonyl (C=O) groups excluding carboxylic acids is 2. The van der Waals surface area contributed by atoms with Crippen molar-refractivity contribution in [2.75, 3.05) is 13.1 Å². The minimum Gasteiger partial charge on any atom is -0.474 e. The van der Waals surface area contributed by atoms with Crippen LogP contribution >= 0.6 is 0 Å². The van der Waals surface area contributed by atoms with Crippen LogP contribution in [0.5, 0.6) is 5.88 Å². The minimum atomic E-state index is -0.703. The summed E-state index contributed by atoms with van der Waals surface area (Å²) in [7, 11) is 0. The fourth-order valence-electron chi connectivity index (χ4n) is 6.00. The number of pyridine rings is 1. The number of aromatic nitrogens is 1. The van der Waals surface area contributed by atoms with E-state index in [4.69, 9.17) is 19.2 Å². The second kappa shape index (κ2) is 10.6. The van der Waals surface area contributed by atoms with Crippen LogP contribution < -0.4 is 10.1 Å². The van der Waals surface area contributed by atoms with Gasteiger partial charge in [0.15, 0.2) is 0 Å². The highest BCUT2D eigenvalue weighted by Crippen LogP contribution is 2.49. The predicted molar refractivity (Wildman–Crippen MR) is 152 cm³/mol. The van der Waals surface area contributed by atoms with Gasteiger partial charge in [0.1, 0.15) is 18.3 Å². The molecule has 2 atom stereocenters. The number of amides is 2. The van der Waals surface area contributed by atoms with Crippen LogP contribution in [0, 0.1) is 11.8 Å². The zero-order chi connectivity index (χ0) is 28.7. The van der Waals surface area contributed by atoms with Crippen molar-refractivity contribution >= 4 is 12.2 Å². The molecule has 5 rings (SSSR count). The summed E-state index contributed by atoms with van der Waals surface area (Å²) in [4.78, 5) is 32.0. The maximum atomic E-state index is 12.8. The summed E-state index contributed by atoms with van der Waals surface area (Å²) in [6, 6.07) is 13.7. The minimum absolute atomic E-state index is 0.0229. The molecule has 0 bridgehead atoms. The number of benzene rings is 1. The zero-order valence-corrected chi connectivity index (χ0v) is 24.7. The van der Waals surface area contributed by atoms with E-state index in [9.17, 15) is 9.59 Å². The standard InChI is InChI=1S/C32H43N3O5/c1-30(2,3)40-29(37)35-18-23-24(19-35)27(23)39-26-17-22(16-25(33-26)32(6)14-10-11-15-32)31(4,5)34-28(36)38-20-21-12-8-7-9-13-21/h7-9,12-13,16-17,23-24,27H,10-11,14-15,18-20H2,1-6H3,(H,34,36). The molecule has 216 valence electrons. The molecule has 40 heavy (non-hydrogen) atoms. The van der Waals surface area contributed by atoms with Gasteiger partial charge in [-0.2, -0.15) is 0 Å². The maximum Gasteiger partial charge on any atom is 0.410 e. The molecule has 2 aromatic rings. The van der Waals surface area contributed by atoms with Gasteiger partial charge in [-0.25, -0.2) is 14.6 Å². The van der Waals surface area contributed by atoms with Crippen LogP contribution in [0.25, 0.3) is 0 Å². The SMILES string of the molecule is CC(C)(C)OC(=O)N1CC2C(C1)C2Oc1cc(C(C)(C)NC(=O)OCc2ccccc2)cc(C2(C)CCCC2)n1. The van der Waals surface area contributed by atoms with Gasteiger partial charge in [0.05, 0.1) is 11.2 Å². The van der Waals surface area contributed by atoms with E-state index in [0.717, 1.165) is 29.7 Å². The lowest BCUT2D eigenvalue weighted by Crippen LogP contribution is -2.41. The van der Waals surface area contributed by atoms with Crippen molar-refractivity contribution in [2.24, 2.45) is 11.8 Å². The molecule has 2 amide bonds. The Morgan fingerprint density at radius 3 is 2.30 bits per heavy atom. The molecule has 0 spiro atoms. The van der Waals surface area contributed by atoms with Crippen molar-refractivity contribution in [3.63, 3.8) is 0 Å². The van der Waals surface area contributed by atoms with E-state index >= 15 is 0 Å². The first-order valence-corrected chi connectivity index (χ1v) is 14.5. The number of alkyl carbamates (subject to hydrolysis) is 1. The normalized spacial score (nSPS) is 23.4. The van der Waals surface area contributed by atoms with E-state index < -0.39 is 17.2 Å². The molecular weight excluding hydrogens is 506 g/mol. The van der Waals surface area contributed by atoms with E-state index in [1.807, 2.05) is 71.0 Å². The number of fused-ring (bicyclic) bond motifs is 1. The van der Waals surface area contributed by atoms with Gasteiger partial charge in [-0.05, 0) is 64.7 Å². The largest absolute Gasteiger partial charge is 0.474 e. The van der Waals surface area contributed by atoms with Crippen molar-refractivity contribution in [1.29, 1.82) is 0 Å². The van der Waals surface area contributed by atoms with Crippen LogP contribution in [-0.4, -0.2) is 46.9 Å². The van der Waals surface area contributed by atoms with E-state index in [1.165, 1.54) is 12.8 Å². The highest BCUT2D eigenvalue weighted by atomic mass is 16.6. The van der Waals surface area contributed by atoms with Crippen LogP contribution in [0.4, 0.5) is 9.59 Å². The fourth-order valence-corrected chi connectivity index (χ4v) is 6.00. The third kappa shape index (κ3) is 6.37. The Bertz CT molecular complexity index is 1220. The summed E-state index contributed by atoms with van der Waals surface area (Å²) in [6.45, 7) is 13.3. The number of nitrogens with one attached hydrogen (secondary N) is 1. The number of likely N-dealkylation sites (tertiary alicyclic amines) is 1. The molecular formula is C32H43N3O5. The molecule has 8 nitrogen and oxygen atoms in total. The maximum absolute atomic E-state index is 12.8. The fraction of sp³-hybridized carbons (Fsp3) is 0.594. The molecule has 8 heteroatoms. The lowest BCUT2D eigenvalue weighted by atomic mass is 9.82. The van der Waals surface area contributed by atoms with Crippen LogP contribution in [0.2, 0.25) is 0 Å².